The van der Waals surface area contributed by atoms with Gasteiger partial charge >= 0.3 is 0 Å². The van der Waals surface area contributed by atoms with Crippen molar-refractivity contribution >= 4 is 22.8 Å². The van der Waals surface area contributed by atoms with Gasteiger partial charge in [0.05, 0.1) is 5.56 Å². The summed E-state index contributed by atoms with van der Waals surface area (Å²) in [6, 6.07) is 17.7. The van der Waals surface area contributed by atoms with Gasteiger partial charge in [-0.05, 0) is 24.5 Å². The Kier molecular flexibility index (Phi) is 4.61. The summed E-state index contributed by atoms with van der Waals surface area (Å²) in [5.74, 6) is -0.307. The van der Waals surface area contributed by atoms with Crippen molar-refractivity contribution in [3.63, 3.8) is 0 Å². The van der Waals surface area contributed by atoms with Gasteiger partial charge in [-0.25, -0.2) is 0 Å². The zero-order valence-corrected chi connectivity index (χ0v) is 14.6. The molecule has 3 N–H and O–H groups in total. The number of para-hydroxylation sites is 1. The molecule has 1 amide bonds. The van der Waals surface area contributed by atoms with Crippen molar-refractivity contribution in [2.24, 2.45) is 0 Å². The molecule has 0 saturated carbocycles. The number of nitrogens with two attached hydrogens (primary N) is 1. The minimum atomic E-state index is -0.304. The van der Waals surface area contributed by atoms with E-state index in [1.54, 1.807) is 6.26 Å². The zero-order valence-electron chi connectivity index (χ0n) is 14.6. The fraction of sp³-hybridized carbons (Fsp3) is 0.143. The van der Waals surface area contributed by atoms with Gasteiger partial charge in [0.2, 0.25) is 5.88 Å². The lowest BCUT2D eigenvalue weighted by molar-refractivity contribution is 0.0954. The van der Waals surface area contributed by atoms with Gasteiger partial charge in [0.15, 0.2) is 0 Å². The first-order chi connectivity index (χ1) is 13.2. The third-order valence-electron chi connectivity index (χ3n) is 4.45. The number of benzene rings is 2. The van der Waals surface area contributed by atoms with Crippen LogP contribution in [0.25, 0.3) is 22.2 Å². The van der Waals surface area contributed by atoms with Crippen molar-refractivity contribution in [1.82, 2.24) is 10.5 Å². The number of anilines is 1. The Morgan fingerprint density at radius 2 is 1.85 bits per heavy atom. The molecule has 0 atom stereocenters. The largest absolute Gasteiger partial charge is 0.464 e. The molecule has 0 unspecified atom stereocenters. The van der Waals surface area contributed by atoms with Crippen LogP contribution in [0.2, 0.25) is 0 Å². The SMILES string of the molecule is Nc1onc(-c2coc3ccccc23)c1C(=O)NCCCc1ccccc1. The first-order valence-corrected chi connectivity index (χ1v) is 8.78. The topological polar surface area (TPSA) is 94.3 Å². The maximum atomic E-state index is 12.7. The Labute approximate surface area is 155 Å². The van der Waals surface area contributed by atoms with Crippen molar-refractivity contribution in [3.8, 4) is 11.3 Å². The third-order valence-corrected chi connectivity index (χ3v) is 4.45. The normalized spacial score (nSPS) is 11.0. The number of nitrogen functional groups attached to an aromatic ring is 1. The maximum Gasteiger partial charge on any atom is 0.259 e. The molecule has 0 bridgehead atoms. The molecule has 0 radical (unpaired) electrons. The van der Waals surface area contributed by atoms with E-state index >= 15 is 0 Å². The number of hydrogen-bond acceptors (Lipinski definition) is 5. The highest BCUT2D eigenvalue weighted by atomic mass is 16.5. The number of aryl methyl sites for hydroxylation is 1. The number of fused-ring (bicyclic) bond motifs is 1. The predicted octanol–water partition coefficient (Wildman–Crippen LogP) is 4.03. The summed E-state index contributed by atoms with van der Waals surface area (Å²) in [4.78, 5) is 12.7. The third kappa shape index (κ3) is 3.42. The second-order valence-corrected chi connectivity index (χ2v) is 6.26. The smallest absolute Gasteiger partial charge is 0.259 e. The van der Waals surface area contributed by atoms with Crippen LogP contribution >= 0.6 is 0 Å². The molecule has 27 heavy (non-hydrogen) atoms. The van der Waals surface area contributed by atoms with Crippen molar-refractivity contribution in [1.29, 1.82) is 0 Å². The Morgan fingerprint density at radius 1 is 1.07 bits per heavy atom. The van der Waals surface area contributed by atoms with E-state index in [4.69, 9.17) is 14.7 Å². The summed E-state index contributed by atoms with van der Waals surface area (Å²) < 4.78 is 10.6. The number of amides is 1. The molecule has 0 fully saturated rings. The van der Waals surface area contributed by atoms with Crippen LogP contribution in [0.4, 0.5) is 5.88 Å². The zero-order chi connectivity index (χ0) is 18.6. The van der Waals surface area contributed by atoms with Crippen LogP contribution < -0.4 is 11.1 Å². The first-order valence-electron chi connectivity index (χ1n) is 8.78. The number of hydrogen-bond donors (Lipinski definition) is 2. The van der Waals surface area contributed by atoms with E-state index in [0.29, 0.717) is 23.4 Å². The number of rotatable bonds is 6. The Balaban J connectivity index is 1.49. The van der Waals surface area contributed by atoms with E-state index in [0.717, 1.165) is 18.2 Å². The molecule has 4 rings (SSSR count). The average molecular weight is 361 g/mol. The molecule has 0 aliphatic heterocycles. The van der Waals surface area contributed by atoms with Gasteiger partial charge in [-0.15, -0.1) is 0 Å². The molecular formula is C21H19N3O3. The fourth-order valence-electron chi connectivity index (χ4n) is 3.09. The minimum absolute atomic E-state index is 0.00385. The summed E-state index contributed by atoms with van der Waals surface area (Å²) in [5.41, 5.74) is 9.12. The maximum absolute atomic E-state index is 12.7. The molecule has 2 heterocycles. The average Bonchev–Trinajstić information content (AvgIpc) is 3.29. The summed E-state index contributed by atoms with van der Waals surface area (Å²) >= 11 is 0. The molecule has 6 nitrogen and oxygen atoms in total. The van der Waals surface area contributed by atoms with Crippen molar-refractivity contribution in [2.75, 3.05) is 12.3 Å². The van der Waals surface area contributed by atoms with Crippen LogP contribution in [-0.2, 0) is 6.42 Å². The van der Waals surface area contributed by atoms with Crippen LogP contribution in [0.1, 0.15) is 22.3 Å². The lowest BCUT2D eigenvalue weighted by atomic mass is 10.1. The van der Waals surface area contributed by atoms with Crippen LogP contribution in [0, 0.1) is 0 Å². The van der Waals surface area contributed by atoms with Crippen molar-refractivity contribution in [3.05, 3.63) is 72.0 Å². The van der Waals surface area contributed by atoms with Gasteiger partial charge in [-0.3, -0.25) is 4.79 Å². The quantitative estimate of drug-likeness (QED) is 0.506. The van der Waals surface area contributed by atoms with Crippen LogP contribution in [0.5, 0.6) is 0 Å². The molecule has 0 aliphatic carbocycles. The molecule has 0 aliphatic rings. The van der Waals surface area contributed by atoms with E-state index in [2.05, 4.69) is 22.6 Å². The van der Waals surface area contributed by atoms with Gasteiger partial charge in [0.25, 0.3) is 5.91 Å². The fourth-order valence-corrected chi connectivity index (χ4v) is 3.09. The summed E-state index contributed by atoms with van der Waals surface area (Å²) in [7, 11) is 0. The van der Waals surface area contributed by atoms with Crippen LogP contribution in [0.3, 0.4) is 0 Å². The van der Waals surface area contributed by atoms with Gasteiger partial charge in [0.1, 0.15) is 23.1 Å². The number of nitrogens with one attached hydrogen (secondary N) is 1. The van der Waals surface area contributed by atoms with Crippen LogP contribution in [0.15, 0.2) is 69.8 Å². The standard InChI is InChI=1S/C21H19N3O3/c22-20-18(21(25)23-12-6-9-14-7-2-1-3-8-14)19(24-27-20)16-13-26-17-11-5-4-10-15(16)17/h1-5,7-8,10-11,13H,6,9,12,22H2,(H,23,25). The first kappa shape index (κ1) is 16.9. The number of carbonyl (C=O) groups excluding carboxylic acids is 1. The van der Waals surface area contributed by atoms with E-state index in [1.807, 2.05) is 42.5 Å². The monoisotopic (exact) mass is 361 g/mol. The highest BCUT2D eigenvalue weighted by molar-refractivity contribution is 6.06. The number of nitrogens with zero attached hydrogens (tertiary/aromatic N) is 1. The Bertz CT molecular complexity index is 1070. The van der Waals surface area contributed by atoms with Gasteiger partial charge < -0.3 is 20.0 Å². The highest BCUT2D eigenvalue weighted by Crippen LogP contribution is 2.34. The van der Waals surface area contributed by atoms with Gasteiger partial charge in [-0.2, -0.15) is 0 Å². The summed E-state index contributed by atoms with van der Waals surface area (Å²) in [6.45, 7) is 0.532. The number of furan rings is 1. The molecule has 0 saturated heterocycles. The lowest BCUT2D eigenvalue weighted by Crippen LogP contribution is -2.25. The molecule has 2 aromatic heterocycles. The molecule has 4 aromatic rings. The minimum Gasteiger partial charge on any atom is -0.464 e. The second kappa shape index (κ2) is 7.37. The van der Waals surface area contributed by atoms with Crippen molar-refractivity contribution < 1.29 is 13.7 Å². The summed E-state index contributed by atoms with van der Waals surface area (Å²) in [5, 5.41) is 7.73. The van der Waals surface area contributed by atoms with E-state index in [9.17, 15) is 4.79 Å². The van der Waals surface area contributed by atoms with Crippen LogP contribution in [-0.4, -0.2) is 17.6 Å². The van der Waals surface area contributed by atoms with E-state index in [-0.39, 0.29) is 17.4 Å². The molecule has 2 aromatic carbocycles. The molecular weight excluding hydrogens is 342 g/mol. The van der Waals surface area contributed by atoms with E-state index < -0.39 is 0 Å². The lowest BCUT2D eigenvalue weighted by Gasteiger charge is -2.05. The van der Waals surface area contributed by atoms with Crippen molar-refractivity contribution in [2.45, 2.75) is 12.8 Å². The number of aromatic nitrogens is 1. The molecule has 6 heteroatoms. The Morgan fingerprint density at radius 3 is 2.70 bits per heavy atom. The predicted molar refractivity (Wildman–Crippen MR) is 103 cm³/mol. The van der Waals surface area contributed by atoms with Gasteiger partial charge in [-0.1, -0.05) is 53.7 Å². The van der Waals surface area contributed by atoms with E-state index in [1.165, 1.54) is 5.56 Å². The Hall–Kier alpha value is -3.54. The molecule has 136 valence electrons. The number of carbonyl (C=O) groups is 1. The molecule has 0 spiro atoms. The highest BCUT2D eigenvalue weighted by Gasteiger charge is 2.24. The second-order valence-electron chi connectivity index (χ2n) is 6.26. The summed E-state index contributed by atoms with van der Waals surface area (Å²) in [6.07, 6.45) is 3.28. The van der Waals surface area contributed by atoms with Gasteiger partial charge in [0, 0.05) is 11.9 Å².